The Morgan fingerprint density at radius 2 is 2.08 bits per heavy atom. The average molecular weight is 340 g/mol. The Balaban J connectivity index is 1.53. The fourth-order valence-corrected chi connectivity index (χ4v) is 3.77. The molecule has 2 atom stereocenters. The van der Waals surface area contributed by atoms with Crippen molar-refractivity contribution < 1.29 is 9.18 Å². The first kappa shape index (κ1) is 17.5. The number of nitrogens with one attached hydrogen (secondary N) is 1. The minimum Gasteiger partial charge on any atom is -0.396 e. The van der Waals surface area contributed by atoms with Gasteiger partial charge in [-0.25, -0.2) is 4.39 Å². The number of rotatable bonds is 5. The fraction of sp³-hybridized carbons (Fsp3) is 0.381. The number of hydrogen-bond donors (Lipinski definition) is 2. The van der Waals surface area contributed by atoms with Crippen LogP contribution in [-0.2, 0) is 6.42 Å². The third-order valence-electron chi connectivity index (χ3n) is 5.25. The van der Waals surface area contributed by atoms with Gasteiger partial charge in [0.25, 0.3) is 5.91 Å². The van der Waals surface area contributed by atoms with Crippen LogP contribution in [0.3, 0.4) is 0 Å². The maximum absolute atomic E-state index is 13.2. The van der Waals surface area contributed by atoms with E-state index in [9.17, 15) is 9.18 Å². The van der Waals surface area contributed by atoms with Crippen LogP contribution in [0.25, 0.3) is 0 Å². The first-order valence-corrected chi connectivity index (χ1v) is 8.97. The van der Waals surface area contributed by atoms with Gasteiger partial charge < -0.3 is 11.1 Å². The zero-order valence-corrected chi connectivity index (χ0v) is 14.6. The monoisotopic (exact) mass is 340 g/mol. The standard InChI is InChI=1S/C21H25FN2O/c1-14-8-9-15-5-2-3-6-18(15)17(14)7-4-12-24-21(25)16-10-11-19(22)20(23)13-16/h2-3,5-6,10-11,13-14,17H,4,7-9,12,23H2,1H3,(H,24,25)/t14-,17?/m0/s1. The third-order valence-corrected chi connectivity index (χ3v) is 5.25. The minimum absolute atomic E-state index is 0.000266. The van der Waals surface area contributed by atoms with Crippen molar-refractivity contribution >= 4 is 11.6 Å². The highest BCUT2D eigenvalue weighted by Crippen LogP contribution is 2.38. The van der Waals surface area contributed by atoms with E-state index < -0.39 is 5.82 Å². The molecule has 0 saturated carbocycles. The fourth-order valence-electron chi connectivity index (χ4n) is 3.77. The van der Waals surface area contributed by atoms with Gasteiger partial charge in [-0.1, -0.05) is 31.2 Å². The lowest BCUT2D eigenvalue weighted by atomic mass is 9.74. The molecule has 3 rings (SSSR count). The highest BCUT2D eigenvalue weighted by atomic mass is 19.1. The molecule has 0 radical (unpaired) electrons. The molecular formula is C21H25FN2O. The molecule has 3 N–H and O–H groups in total. The summed E-state index contributed by atoms with van der Waals surface area (Å²) in [6.45, 7) is 2.93. The van der Waals surface area contributed by atoms with Crippen molar-refractivity contribution in [2.45, 2.75) is 38.5 Å². The SMILES string of the molecule is C[C@H]1CCc2ccccc2C1CCCNC(=O)c1ccc(F)c(N)c1. The predicted octanol–water partition coefficient (Wildman–Crippen LogP) is 4.28. The third kappa shape index (κ3) is 4.01. The van der Waals surface area contributed by atoms with E-state index in [-0.39, 0.29) is 11.6 Å². The largest absolute Gasteiger partial charge is 0.396 e. The number of carbonyl (C=O) groups is 1. The molecule has 0 heterocycles. The molecule has 0 bridgehead atoms. The lowest BCUT2D eigenvalue weighted by Gasteiger charge is -2.31. The Bertz CT molecular complexity index is 759. The quantitative estimate of drug-likeness (QED) is 0.630. The second-order valence-electron chi connectivity index (χ2n) is 6.96. The summed E-state index contributed by atoms with van der Waals surface area (Å²) in [5.74, 6) is 0.524. The highest BCUT2D eigenvalue weighted by Gasteiger charge is 2.25. The molecule has 4 heteroatoms. The molecule has 0 aliphatic heterocycles. The average Bonchev–Trinajstić information content (AvgIpc) is 2.62. The van der Waals surface area contributed by atoms with Gasteiger partial charge >= 0.3 is 0 Å². The topological polar surface area (TPSA) is 55.1 Å². The molecule has 2 aromatic rings. The number of hydrogen-bond acceptors (Lipinski definition) is 2. The number of nitrogens with two attached hydrogens (primary N) is 1. The van der Waals surface area contributed by atoms with Crippen molar-refractivity contribution in [2.24, 2.45) is 5.92 Å². The number of fused-ring (bicyclic) bond motifs is 1. The molecule has 1 amide bonds. The Hall–Kier alpha value is -2.36. The van der Waals surface area contributed by atoms with E-state index in [0.717, 1.165) is 19.3 Å². The van der Waals surface area contributed by atoms with Crippen LogP contribution in [0, 0.1) is 11.7 Å². The van der Waals surface area contributed by atoms with Crippen LogP contribution in [0.5, 0.6) is 0 Å². The number of carbonyl (C=O) groups excluding carboxylic acids is 1. The summed E-state index contributed by atoms with van der Waals surface area (Å²) in [6.07, 6.45) is 4.37. The van der Waals surface area contributed by atoms with E-state index >= 15 is 0 Å². The molecule has 3 nitrogen and oxygen atoms in total. The maximum Gasteiger partial charge on any atom is 0.251 e. The molecule has 0 spiro atoms. The van der Waals surface area contributed by atoms with E-state index in [4.69, 9.17) is 5.73 Å². The van der Waals surface area contributed by atoms with Crippen molar-refractivity contribution in [3.8, 4) is 0 Å². The molecule has 1 aliphatic rings. The summed E-state index contributed by atoms with van der Waals surface area (Å²) in [7, 11) is 0. The highest BCUT2D eigenvalue weighted by molar-refractivity contribution is 5.94. The lowest BCUT2D eigenvalue weighted by molar-refractivity contribution is 0.0952. The number of amides is 1. The molecule has 25 heavy (non-hydrogen) atoms. The summed E-state index contributed by atoms with van der Waals surface area (Å²) in [4.78, 5) is 12.1. The van der Waals surface area contributed by atoms with Crippen molar-refractivity contribution in [1.29, 1.82) is 0 Å². The normalized spacial score (nSPS) is 19.3. The van der Waals surface area contributed by atoms with Crippen molar-refractivity contribution in [3.63, 3.8) is 0 Å². The second kappa shape index (κ2) is 7.68. The first-order chi connectivity index (χ1) is 12.1. The minimum atomic E-state index is -0.499. The van der Waals surface area contributed by atoms with E-state index in [1.807, 2.05) is 0 Å². The molecule has 0 saturated heterocycles. The van der Waals surface area contributed by atoms with Gasteiger partial charge in [-0.2, -0.15) is 0 Å². The zero-order chi connectivity index (χ0) is 17.8. The second-order valence-corrected chi connectivity index (χ2v) is 6.96. The number of nitrogen functional groups attached to an aromatic ring is 1. The van der Waals surface area contributed by atoms with Crippen LogP contribution in [-0.4, -0.2) is 12.5 Å². The number of anilines is 1. The van der Waals surface area contributed by atoms with Crippen LogP contribution in [0.2, 0.25) is 0 Å². The molecule has 1 aliphatic carbocycles. The summed E-state index contributed by atoms with van der Waals surface area (Å²) < 4.78 is 13.2. The van der Waals surface area contributed by atoms with Gasteiger partial charge in [0.15, 0.2) is 0 Å². The zero-order valence-electron chi connectivity index (χ0n) is 14.6. The van der Waals surface area contributed by atoms with Crippen molar-refractivity contribution in [2.75, 3.05) is 12.3 Å². The summed E-state index contributed by atoms with van der Waals surface area (Å²) in [6, 6.07) is 12.8. The van der Waals surface area contributed by atoms with E-state index in [0.29, 0.717) is 23.9 Å². The van der Waals surface area contributed by atoms with E-state index in [1.165, 1.54) is 35.7 Å². The summed E-state index contributed by atoms with van der Waals surface area (Å²) >= 11 is 0. The maximum atomic E-state index is 13.2. The molecule has 2 aromatic carbocycles. The molecule has 0 aromatic heterocycles. The van der Waals surface area contributed by atoms with Gasteiger partial charge in [0, 0.05) is 12.1 Å². The van der Waals surface area contributed by atoms with Gasteiger partial charge in [0.05, 0.1) is 5.69 Å². The summed E-state index contributed by atoms with van der Waals surface area (Å²) in [5.41, 5.74) is 8.86. The number of benzene rings is 2. The van der Waals surface area contributed by atoms with Crippen LogP contribution in [0.4, 0.5) is 10.1 Å². The van der Waals surface area contributed by atoms with Gasteiger partial charge in [-0.3, -0.25) is 4.79 Å². The number of aryl methyl sites for hydroxylation is 1. The van der Waals surface area contributed by atoms with Gasteiger partial charge in [0.2, 0.25) is 0 Å². The molecule has 0 fully saturated rings. The van der Waals surface area contributed by atoms with Crippen LogP contribution < -0.4 is 11.1 Å². The molecular weight excluding hydrogens is 315 g/mol. The Kier molecular flexibility index (Phi) is 5.37. The van der Waals surface area contributed by atoms with Crippen LogP contribution in [0.15, 0.2) is 42.5 Å². The molecule has 132 valence electrons. The van der Waals surface area contributed by atoms with Crippen LogP contribution >= 0.6 is 0 Å². The van der Waals surface area contributed by atoms with E-state index in [1.54, 1.807) is 0 Å². The number of halogens is 1. The van der Waals surface area contributed by atoms with Gasteiger partial charge in [0.1, 0.15) is 5.82 Å². The van der Waals surface area contributed by atoms with Gasteiger partial charge in [-0.15, -0.1) is 0 Å². The lowest BCUT2D eigenvalue weighted by Crippen LogP contribution is -2.26. The van der Waals surface area contributed by atoms with E-state index in [2.05, 4.69) is 36.5 Å². The smallest absolute Gasteiger partial charge is 0.251 e. The van der Waals surface area contributed by atoms with Crippen molar-refractivity contribution in [3.05, 3.63) is 65.0 Å². The van der Waals surface area contributed by atoms with Crippen LogP contribution in [0.1, 0.15) is 53.6 Å². The predicted molar refractivity (Wildman–Crippen MR) is 99.0 cm³/mol. The summed E-state index contributed by atoms with van der Waals surface area (Å²) in [5, 5.41) is 2.91. The van der Waals surface area contributed by atoms with Crippen molar-refractivity contribution in [1.82, 2.24) is 5.32 Å². The first-order valence-electron chi connectivity index (χ1n) is 8.97. The van der Waals surface area contributed by atoms with Gasteiger partial charge in [-0.05, 0) is 66.8 Å². The Labute approximate surface area is 148 Å². The Morgan fingerprint density at radius 1 is 1.28 bits per heavy atom. The molecule has 1 unspecified atom stereocenters. The Morgan fingerprint density at radius 3 is 2.88 bits per heavy atom.